The molecule has 0 aromatic heterocycles. The van der Waals surface area contributed by atoms with Gasteiger partial charge in [-0.25, -0.2) is 0 Å². The lowest BCUT2D eigenvalue weighted by molar-refractivity contribution is -0.116. The van der Waals surface area contributed by atoms with E-state index in [4.69, 9.17) is 4.84 Å². The molecule has 0 saturated heterocycles. The molecule has 0 aliphatic carbocycles. The van der Waals surface area contributed by atoms with Crippen molar-refractivity contribution >= 4 is 12.0 Å². The number of rotatable bonds is 7. The van der Waals surface area contributed by atoms with Crippen molar-refractivity contribution in [3.05, 3.63) is 48.9 Å². The number of hydrogen-bond acceptors (Lipinski definition) is 4. The minimum Gasteiger partial charge on any atom is -0.394 e. The zero-order valence-corrected chi connectivity index (χ0v) is 9.56. The Labute approximate surface area is 95.7 Å². The first-order valence-electron chi connectivity index (χ1n) is 4.67. The Morgan fingerprint density at radius 1 is 1.38 bits per heavy atom. The van der Waals surface area contributed by atoms with Gasteiger partial charge in [-0.2, -0.15) is 0 Å². The summed E-state index contributed by atoms with van der Waals surface area (Å²) in [6.45, 7) is 8.45. The Hall–Kier alpha value is -2.10. The summed E-state index contributed by atoms with van der Waals surface area (Å²) in [4.78, 5) is 15.4. The molecule has 0 rings (SSSR count). The van der Waals surface area contributed by atoms with Gasteiger partial charge in [-0.3, -0.25) is 4.79 Å². The van der Waals surface area contributed by atoms with Gasteiger partial charge in [-0.05, 0) is 24.4 Å². The smallest absolute Gasteiger partial charge is 0.197 e. The second-order valence-electron chi connectivity index (χ2n) is 2.89. The average Bonchev–Trinajstić information content (AvgIpc) is 2.24. The first kappa shape index (κ1) is 13.9. The second-order valence-corrected chi connectivity index (χ2v) is 2.89. The molecule has 0 unspecified atom stereocenters. The Morgan fingerprint density at radius 3 is 2.62 bits per heavy atom. The maximum Gasteiger partial charge on any atom is 0.197 e. The molecule has 86 valence electrons. The summed E-state index contributed by atoms with van der Waals surface area (Å²) >= 11 is 0. The molecule has 0 spiro atoms. The fourth-order valence-corrected chi connectivity index (χ4v) is 0.596. The maximum atomic E-state index is 10.7. The molecule has 0 aliphatic heterocycles. The SMILES string of the molecule is C=C(/C=C\C=C/NC)/C=N/OC(=C)C(C)=O. The number of allylic oxidation sites excluding steroid dienone is 5. The molecule has 0 radical (unpaired) electrons. The summed E-state index contributed by atoms with van der Waals surface area (Å²) in [5, 5.41) is 6.40. The van der Waals surface area contributed by atoms with Crippen molar-refractivity contribution in [2.75, 3.05) is 7.05 Å². The van der Waals surface area contributed by atoms with Gasteiger partial charge >= 0.3 is 0 Å². The van der Waals surface area contributed by atoms with Crippen LogP contribution in [0.5, 0.6) is 0 Å². The first-order chi connectivity index (χ1) is 7.57. The number of Topliss-reactive ketones (excluding diaryl/α,β-unsaturated/α-hetero) is 1. The number of nitrogens with zero attached hydrogens (tertiary/aromatic N) is 1. The minimum absolute atomic E-state index is 0.00288. The summed E-state index contributed by atoms with van der Waals surface area (Å²) in [5.41, 5.74) is 0.650. The molecule has 0 saturated carbocycles. The molecule has 0 aromatic rings. The summed E-state index contributed by atoms with van der Waals surface area (Å²) in [6, 6.07) is 0. The van der Waals surface area contributed by atoms with Crippen LogP contribution < -0.4 is 5.32 Å². The molecule has 4 nitrogen and oxygen atoms in total. The van der Waals surface area contributed by atoms with Gasteiger partial charge in [-0.1, -0.05) is 23.9 Å². The quantitative estimate of drug-likeness (QED) is 0.234. The van der Waals surface area contributed by atoms with E-state index >= 15 is 0 Å². The van der Waals surface area contributed by atoms with Crippen LogP contribution in [-0.4, -0.2) is 19.0 Å². The number of hydrogen-bond donors (Lipinski definition) is 1. The monoisotopic (exact) mass is 220 g/mol. The number of oxime groups is 1. The standard InChI is InChI=1S/C12H16N2O2/c1-10(7-5-6-8-13-4)9-14-16-12(3)11(2)15/h5-9,13H,1,3H2,2,4H3/b7-5-,8-6-,14-9+. The van der Waals surface area contributed by atoms with Crippen LogP contribution in [0.15, 0.2) is 54.1 Å². The van der Waals surface area contributed by atoms with Gasteiger partial charge in [0.05, 0.1) is 6.21 Å². The van der Waals surface area contributed by atoms with Gasteiger partial charge in [0.15, 0.2) is 11.5 Å². The normalized spacial score (nSPS) is 11.1. The van der Waals surface area contributed by atoms with Crippen LogP contribution in [0.25, 0.3) is 0 Å². The Morgan fingerprint density at radius 2 is 2.06 bits per heavy atom. The lowest BCUT2D eigenvalue weighted by atomic mass is 10.3. The van der Waals surface area contributed by atoms with Gasteiger partial charge < -0.3 is 10.2 Å². The van der Waals surface area contributed by atoms with Crippen LogP contribution >= 0.6 is 0 Å². The molecular formula is C12H16N2O2. The van der Waals surface area contributed by atoms with E-state index in [9.17, 15) is 4.79 Å². The lowest BCUT2D eigenvalue weighted by Crippen LogP contribution is -1.96. The predicted octanol–water partition coefficient (Wildman–Crippen LogP) is 1.94. The van der Waals surface area contributed by atoms with Crippen molar-refractivity contribution in [3.8, 4) is 0 Å². The summed E-state index contributed by atoms with van der Waals surface area (Å²) in [6.07, 6.45) is 8.53. The summed E-state index contributed by atoms with van der Waals surface area (Å²) in [7, 11) is 1.81. The minimum atomic E-state index is -0.254. The molecule has 0 bridgehead atoms. The number of nitrogens with one attached hydrogen (secondary N) is 1. The van der Waals surface area contributed by atoms with Gasteiger partial charge in [-0.15, -0.1) is 0 Å². The maximum absolute atomic E-state index is 10.7. The van der Waals surface area contributed by atoms with Crippen molar-refractivity contribution in [2.45, 2.75) is 6.92 Å². The molecule has 4 heteroatoms. The third kappa shape index (κ3) is 7.32. The molecule has 0 fully saturated rings. The molecule has 0 amide bonds. The van der Waals surface area contributed by atoms with Gasteiger partial charge in [0.2, 0.25) is 0 Å². The van der Waals surface area contributed by atoms with Crippen LogP contribution in [0.4, 0.5) is 0 Å². The number of ketones is 1. The largest absolute Gasteiger partial charge is 0.394 e. The number of carbonyl (C=O) groups is 1. The van der Waals surface area contributed by atoms with Gasteiger partial charge in [0.25, 0.3) is 0 Å². The van der Waals surface area contributed by atoms with E-state index in [0.717, 1.165) is 0 Å². The molecule has 0 aromatic carbocycles. The van der Waals surface area contributed by atoms with E-state index in [1.165, 1.54) is 13.1 Å². The Kier molecular flexibility index (Phi) is 7.15. The third-order valence-electron chi connectivity index (χ3n) is 1.46. The van der Waals surface area contributed by atoms with Crippen molar-refractivity contribution < 1.29 is 9.63 Å². The van der Waals surface area contributed by atoms with Crippen LogP contribution in [0.1, 0.15) is 6.92 Å². The second kappa shape index (κ2) is 8.23. The topological polar surface area (TPSA) is 50.7 Å². The van der Waals surface area contributed by atoms with Gasteiger partial charge in [0, 0.05) is 14.0 Å². The molecule has 0 atom stereocenters. The zero-order valence-electron chi connectivity index (χ0n) is 9.56. The van der Waals surface area contributed by atoms with Crippen molar-refractivity contribution in [2.24, 2.45) is 5.16 Å². The summed E-state index contributed by atoms with van der Waals surface area (Å²) < 4.78 is 0. The molecule has 16 heavy (non-hydrogen) atoms. The highest BCUT2D eigenvalue weighted by molar-refractivity contribution is 5.90. The van der Waals surface area contributed by atoms with E-state index in [-0.39, 0.29) is 11.5 Å². The van der Waals surface area contributed by atoms with Crippen LogP contribution in [0, 0.1) is 0 Å². The lowest BCUT2D eigenvalue weighted by Gasteiger charge is -1.95. The summed E-state index contributed by atoms with van der Waals surface area (Å²) in [5.74, 6) is -0.252. The molecular weight excluding hydrogens is 204 g/mol. The molecule has 0 aliphatic rings. The van der Waals surface area contributed by atoms with E-state index in [2.05, 4.69) is 23.6 Å². The van der Waals surface area contributed by atoms with E-state index in [1.54, 1.807) is 18.4 Å². The average molecular weight is 220 g/mol. The molecule has 0 heterocycles. The Balaban J connectivity index is 4.01. The highest BCUT2D eigenvalue weighted by Gasteiger charge is 1.98. The fourth-order valence-electron chi connectivity index (χ4n) is 0.596. The van der Waals surface area contributed by atoms with Crippen molar-refractivity contribution in [1.82, 2.24) is 5.32 Å². The first-order valence-corrected chi connectivity index (χ1v) is 4.67. The van der Waals surface area contributed by atoms with Gasteiger partial charge in [0.1, 0.15) is 0 Å². The van der Waals surface area contributed by atoms with Crippen LogP contribution in [0.3, 0.4) is 0 Å². The van der Waals surface area contributed by atoms with Crippen molar-refractivity contribution in [1.29, 1.82) is 0 Å². The Bertz CT molecular complexity index is 352. The third-order valence-corrected chi connectivity index (χ3v) is 1.46. The van der Waals surface area contributed by atoms with Crippen LogP contribution in [0.2, 0.25) is 0 Å². The van der Waals surface area contributed by atoms with E-state index in [1.807, 2.05) is 13.1 Å². The zero-order chi connectivity index (χ0) is 12.4. The van der Waals surface area contributed by atoms with E-state index < -0.39 is 0 Å². The highest BCUT2D eigenvalue weighted by atomic mass is 16.6. The number of carbonyl (C=O) groups excluding carboxylic acids is 1. The fraction of sp³-hybridized carbons (Fsp3) is 0.167. The van der Waals surface area contributed by atoms with Crippen LogP contribution in [-0.2, 0) is 9.63 Å². The van der Waals surface area contributed by atoms with E-state index in [0.29, 0.717) is 5.57 Å². The molecule has 1 N–H and O–H groups in total. The highest BCUT2D eigenvalue weighted by Crippen LogP contribution is 1.96. The van der Waals surface area contributed by atoms with Crippen molar-refractivity contribution in [3.63, 3.8) is 0 Å². The predicted molar refractivity (Wildman–Crippen MR) is 65.9 cm³/mol.